The minimum absolute atomic E-state index is 0.113. The minimum atomic E-state index is -1.33. The van der Waals surface area contributed by atoms with Crippen LogP contribution in [0.3, 0.4) is 0 Å². The Morgan fingerprint density at radius 2 is 1.56 bits per heavy atom. The fraction of sp³-hybridized carbons (Fsp3) is 0.632. The second-order valence-electron chi connectivity index (χ2n) is 8.04. The molecule has 0 spiro atoms. The predicted octanol–water partition coefficient (Wildman–Crippen LogP) is 4.36. The monoisotopic (exact) mass is 349 g/mol. The van der Waals surface area contributed by atoms with Gasteiger partial charge in [-0.1, -0.05) is 44.2 Å². The van der Waals surface area contributed by atoms with E-state index in [2.05, 4.69) is 77.6 Å². The summed E-state index contributed by atoms with van der Waals surface area (Å²) in [6.07, 6.45) is 0.793. The van der Waals surface area contributed by atoms with Crippen molar-refractivity contribution in [2.24, 2.45) is 11.7 Å². The van der Waals surface area contributed by atoms with Crippen LogP contribution in [0, 0.1) is 5.92 Å². The first kappa shape index (κ1) is 21.5. The van der Waals surface area contributed by atoms with Crippen molar-refractivity contribution in [3.63, 3.8) is 0 Å². The summed E-state index contributed by atoms with van der Waals surface area (Å²) >= 11 is 0. The zero-order valence-corrected chi connectivity index (χ0v) is 16.3. The van der Waals surface area contributed by atoms with Crippen LogP contribution in [0.15, 0.2) is 30.3 Å². The van der Waals surface area contributed by atoms with Gasteiger partial charge >= 0.3 is 13.2 Å². The molecule has 0 radical (unpaired) electrons. The number of carbonyl (C=O) groups is 1. The Hall–Kier alpha value is -1.53. The lowest BCUT2D eigenvalue weighted by atomic mass is 9.65. The first-order valence-corrected chi connectivity index (χ1v) is 8.82. The first-order chi connectivity index (χ1) is 11.4. The van der Waals surface area contributed by atoms with Crippen molar-refractivity contribution in [1.29, 1.82) is 0 Å². The van der Waals surface area contributed by atoms with Crippen molar-refractivity contribution in [3.05, 3.63) is 35.9 Å². The maximum absolute atomic E-state index is 8.78. The van der Waals surface area contributed by atoms with Crippen molar-refractivity contribution in [2.45, 2.75) is 71.4 Å². The van der Waals surface area contributed by atoms with Gasteiger partial charge in [0.2, 0.25) is 0 Å². The molecular formula is C19H32BNO4. The van der Waals surface area contributed by atoms with Crippen molar-refractivity contribution in [3.8, 4) is 0 Å². The number of primary amides is 1. The van der Waals surface area contributed by atoms with Crippen LogP contribution in [-0.2, 0) is 15.7 Å². The molecule has 5 nitrogen and oxygen atoms in total. The molecule has 1 amide bonds. The van der Waals surface area contributed by atoms with Crippen LogP contribution < -0.4 is 5.73 Å². The van der Waals surface area contributed by atoms with Gasteiger partial charge in [-0.3, -0.25) is 0 Å². The second-order valence-corrected chi connectivity index (χ2v) is 8.04. The van der Waals surface area contributed by atoms with Gasteiger partial charge in [0.05, 0.1) is 11.2 Å². The lowest BCUT2D eigenvalue weighted by Crippen LogP contribution is -2.41. The van der Waals surface area contributed by atoms with E-state index in [4.69, 9.17) is 19.2 Å². The molecule has 0 aromatic heterocycles. The van der Waals surface area contributed by atoms with Gasteiger partial charge in [-0.15, -0.1) is 0 Å². The Bertz CT molecular complexity index is 526. The topological polar surface area (TPSA) is 81.8 Å². The largest absolute Gasteiger partial charge is 0.465 e. The van der Waals surface area contributed by atoms with E-state index in [1.807, 2.05) is 0 Å². The third kappa shape index (κ3) is 6.71. The highest BCUT2D eigenvalue weighted by molar-refractivity contribution is 6.47. The van der Waals surface area contributed by atoms with Crippen molar-refractivity contribution < 1.29 is 19.2 Å². The molecular weight excluding hydrogens is 317 g/mol. The molecule has 1 aliphatic heterocycles. The van der Waals surface area contributed by atoms with Gasteiger partial charge in [0.25, 0.3) is 0 Å². The van der Waals surface area contributed by atoms with Gasteiger partial charge in [0.15, 0.2) is 0 Å². The lowest BCUT2D eigenvalue weighted by molar-refractivity contribution is 0.00578. The number of rotatable bonds is 5. The summed E-state index contributed by atoms with van der Waals surface area (Å²) in [4.78, 5) is 8.78. The van der Waals surface area contributed by atoms with Gasteiger partial charge < -0.3 is 20.1 Å². The zero-order valence-electron chi connectivity index (χ0n) is 16.3. The fourth-order valence-corrected chi connectivity index (χ4v) is 2.89. The Morgan fingerprint density at radius 3 is 1.96 bits per heavy atom. The van der Waals surface area contributed by atoms with E-state index in [0.717, 1.165) is 12.8 Å². The highest BCUT2D eigenvalue weighted by Gasteiger charge is 2.53. The molecule has 1 heterocycles. The summed E-state index contributed by atoms with van der Waals surface area (Å²) in [5.41, 5.74) is 4.89. The molecule has 25 heavy (non-hydrogen) atoms. The quantitative estimate of drug-likeness (QED) is 0.774. The van der Waals surface area contributed by atoms with E-state index < -0.39 is 6.09 Å². The maximum atomic E-state index is 8.78. The third-order valence-corrected chi connectivity index (χ3v) is 4.77. The number of carboxylic acid groups (broad SMARTS) is 1. The number of benzene rings is 1. The fourth-order valence-electron chi connectivity index (χ4n) is 2.89. The Kier molecular flexibility index (Phi) is 7.51. The standard InChI is InChI=1S/C18H29BO2.CH3NO2/c1-14(2)12-16(13-15-10-8-7-9-11-15)19-20-17(3,4)18(5,6)21-19;2-1(3)4/h7-11,14,16H,12-13H2,1-6H3;2H2,(H,3,4). The van der Waals surface area contributed by atoms with E-state index in [0.29, 0.717) is 11.7 Å². The molecule has 1 aromatic rings. The summed E-state index contributed by atoms with van der Waals surface area (Å²) in [5.74, 6) is 1.03. The Morgan fingerprint density at radius 1 is 1.12 bits per heavy atom. The van der Waals surface area contributed by atoms with Crippen LogP contribution in [0.25, 0.3) is 0 Å². The average molecular weight is 349 g/mol. The van der Waals surface area contributed by atoms with Gasteiger partial charge in [0, 0.05) is 0 Å². The molecule has 140 valence electrons. The molecule has 1 fully saturated rings. The predicted molar refractivity (Wildman–Crippen MR) is 102 cm³/mol. The normalized spacial score (nSPS) is 19.2. The zero-order chi connectivity index (χ0) is 19.3. The van der Waals surface area contributed by atoms with Crippen molar-refractivity contribution in [1.82, 2.24) is 0 Å². The van der Waals surface area contributed by atoms with Gasteiger partial charge in [0.1, 0.15) is 0 Å². The van der Waals surface area contributed by atoms with Crippen LogP contribution in [-0.4, -0.2) is 29.5 Å². The molecule has 1 atom stereocenters. The average Bonchev–Trinajstić information content (AvgIpc) is 2.67. The van der Waals surface area contributed by atoms with Crippen LogP contribution in [0.2, 0.25) is 5.82 Å². The highest BCUT2D eigenvalue weighted by atomic mass is 16.7. The Labute approximate surface area is 152 Å². The van der Waals surface area contributed by atoms with E-state index in [1.54, 1.807) is 0 Å². The molecule has 1 unspecified atom stereocenters. The Balaban J connectivity index is 0.000000705. The van der Waals surface area contributed by atoms with Gasteiger partial charge in [-0.2, -0.15) is 0 Å². The summed E-state index contributed by atoms with van der Waals surface area (Å²) in [5, 5.41) is 7.19. The van der Waals surface area contributed by atoms with E-state index in [-0.39, 0.29) is 18.3 Å². The van der Waals surface area contributed by atoms with E-state index >= 15 is 0 Å². The van der Waals surface area contributed by atoms with Crippen molar-refractivity contribution in [2.75, 3.05) is 0 Å². The first-order valence-electron chi connectivity index (χ1n) is 8.82. The van der Waals surface area contributed by atoms with Crippen LogP contribution >= 0.6 is 0 Å². The summed E-state index contributed by atoms with van der Waals surface area (Å²) in [6, 6.07) is 10.7. The van der Waals surface area contributed by atoms with Crippen LogP contribution in [0.4, 0.5) is 4.79 Å². The van der Waals surface area contributed by atoms with Crippen LogP contribution in [0.5, 0.6) is 0 Å². The van der Waals surface area contributed by atoms with Crippen molar-refractivity contribution >= 4 is 13.2 Å². The van der Waals surface area contributed by atoms with E-state index in [1.165, 1.54) is 5.56 Å². The molecule has 6 heteroatoms. The summed E-state index contributed by atoms with van der Waals surface area (Å²) in [6.45, 7) is 13.0. The second kappa shape index (κ2) is 8.72. The molecule has 2 rings (SSSR count). The molecule has 0 saturated carbocycles. The summed E-state index contributed by atoms with van der Waals surface area (Å²) < 4.78 is 12.6. The number of hydrogen-bond donors (Lipinski definition) is 2. The SMILES string of the molecule is CC(C)CC(Cc1ccccc1)B1OC(C)(C)C(C)(C)O1.NC(=O)O. The maximum Gasteiger partial charge on any atom is 0.461 e. The smallest absolute Gasteiger partial charge is 0.461 e. The number of amides is 1. The minimum Gasteiger partial charge on any atom is -0.465 e. The van der Waals surface area contributed by atoms with E-state index in [9.17, 15) is 0 Å². The molecule has 0 bridgehead atoms. The lowest BCUT2D eigenvalue weighted by Gasteiger charge is -2.32. The molecule has 0 aliphatic carbocycles. The van der Waals surface area contributed by atoms with Crippen LogP contribution in [0.1, 0.15) is 53.5 Å². The molecule has 1 saturated heterocycles. The summed E-state index contributed by atoms with van der Waals surface area (Å²) in [7, 11) is -0.113. The van der Waals surface area contributed by atoms with Gasteiger partial charge in [-0.25, -0.2) is 4.79 Å². The highest BCUT2D eigenvalue weighted by Crippen LogP contribution is 2.42. The molecule has 1 aromatic carbocycles. The molecule has 3 N–H and O–H groups in total. The number of hydrogen-bond acceptors (Lipinski definition) is 3. The molecule has 1 aliphatic rings. The van der Waals surface area contributed by atoms with Gasteiger partial charge in [-0.05, 0) is 57.8 Å². The third-order valence-electron chi connectivity index (χ3n) is 4.77. The number of nitrogens with two attached hydrogens (primary N) is 1.